The molecule has 0 aromatic heterocycles. The van der Waals surface area contributed by atoms with Gasteiger partial charge in [-0.05, 0) is 25.5 Å². The molecule has 0 fully saturated rings. The molecule has 0 saturated heterocycles. The van der Waals surface area contributed by atoms with Crippen LogP contribution in [0.2, 0.25) is 0 Å². The van der Waals surface area contributed by atoms with Crippen LogP contribution in [0.15, 0.2) is 0 Å². The molecular weight excluding hydrogens is 268 g/mol. The molecule has 7 heteroatoms. The molecular formula is C12H22N2O4S. The Bertz CT molecular complexity index is 334. The maximum atomic E-state index is 11.6. The largest absolute Gasteiger partial charge is 0.480 e. The highest BCUT2D eigenvalue weighted by Gasteiger charge is 2.21. The third kappa shape index (κ3) is 7.71. The smallest absolute Gasteiger partial charge is 0.326 e. The number of carbonyl (C=O) groups is 3. The van der Waals surface area contributed by atoms with E-state index in [1.807, 2.05) is 13.8 Å². The minimum Gasteiger partial charge on any atom is -0.480 e. The van der Waals surface area contributed by atoms with Crippen molar-refractivity contribution in [1.29, 1.82) is 0 Å². The van der Waals surface area contributed by atoms with Crippen molar-refractivity contribution in [3.8, 4) is 0 Å². The van der Waals surface area contributed by atoms with Gasteiger partial charge in [-0.15, -0.1) is 0 Å². The van der Waals surface area contributed by atoms with Gasteiger partial charge in [0.2, 0.25) is 11.8 Å². The number of nitrogens with one attached hydrogen (secondary N) is 2. The highest BCUT2D eigenvalue weighted by Crippen LogP contribution is 2.05. The third-order valence-corrected chi connectivity index (χ3v) is 3.41. The van der Waals surface area contributed by atoms with Crippen LogP contribution in [-0.4, -0.2) is 47.0 Å². The van der Waals surface area contributed by atoms with Gasteiger partial charge in [0.15, 0.2) is 0 Å². The molecule has 2 amide bonds. The van der Waals surface area contributed by atoms with Gasteiger partial charge in [0.1, 0.15) is 6.04 Å². The highest BCUT2D eigenvalue weighted by atomic mass is 32.2. The quantitative estimate of drug-likeness (QED) is 0.604. The van der Waals surface area contributed by atoms with Crippen molar-refractivity contribution in [3.05, 3.63) is 0 Å². The second-order valence-electron chi connectivity index (χ2n) is 4.68. The van der Waals surface area contributed by atoms with E-state index in [-0.39, 0.29) is 23.6 Å². The SMILES string of the molecule is CSC(C)C(=O)NCC(=O)N[C@@H](CC(C)C)C(=O)O. The summed E-state index contributed by atoms with van der Waals surface area (Å²) in [5, 5.41) is 13.6. The number of rotatable bonds is 8. The molecule has 0 radical (unpaired) electrons. The van der Waals surface area contributed by atoms with Crippen LogP contribution in [-0.2, 0) is 14.4 Å². The van der Waals surface area contributed by atoms with Gasteiger partial charge < -0.3 is 15.7 Å². The molecule has 110 valence electrons. The lowest BCUT2D eigenvalue weighted by molar-refractivity contribution is -0.142. The zero-order valence-corrected chi connectivity index (χ0v) is 12.5. The standard InChI is InChI=1S/C12H22N2O4S/c1-7(2)5-9(12(17)18)14-10(15)6-13-11(16)8(3)19-4/h7-9H,5-6H2,1-4H3,(H,13,16)(H,14,15)(H,17,18)/t8?,9-/m0/s1. The average molecular weight is 290 g/mol. The van der Waals surface area contributed by atoms with E-state index in [2.05, 4.69) is 10.6 Å². The first-order chi connectivity index (χ1) is 8.77. The van der Waals surface area contributed by atoms with Gasteiger partial charge in [0, 0.05) is 0 Å². The molecule has 0 aromatic carbocycles. The Morgan fingerprint density at radius 3 is 2.21 bits per heavy atom. The Balaban J connectivity index is 4.20. The van der Waals surface area contributed by atoms with Crippen molar-refractivity contribution in [2.45, 2.75) is 38.5 Å². The zero-order valence-electron chi connectivity index (χ0n) is 11.7. The van der Waals surface area contributed by atoms with Gasteiger partial charge >= 0.3 is 5.97 Å². The molecule has 0 rings (SSSR count). The molecule has 0 aliphatic rings. The number of carbonyl (C=O) groups excluding carboxylic acids is 2. The summed E-state index contributed by atoms with van der Waals surface area (Å²) in [5.41, 5.74) is 0. The summed E-state index contributed by atoms with van der Waals surface area (Å²) >= 11 is 1.37. The van der Waals surface area contributed by atoms with E-state index >= 15 is 0 Å². The van der Waals surface area contributed by atoms with Crippen LogP contribution in [0.4, 0.5) is 0 Å². The maximum absolute atomic E-state index is 11.6. The Kier molecular flexibility index (Phi) is 8.22. The van der Waals surface area contributed by atoms with Crippen LogP contribution < -0.4 is 10.6 Å². The monoisotopic (exact) mass is 290 g/mol. The van der Waals surface area contributed by atoms with Gasteiger partial charge in [-0.25, -0.2) is 4.79 Å². The lowest BCUT2D eigenvalue weighted by Crippen LogP contribution is -2.46. The van der Waals surface area contributed by atoms with Crippen molar-refractivity contribution in [2.24, 2.45) is 5.92 Å². The number of thioether (sulfide) groups is 1. The summed E-state index contributed by atoms with van der Waals surface area (Å²) < 4.78 is 0. The maximum Gasteiger partial charge on any atom is 0.326 e. The topological polar surface area (TPSA) is 95.5 Å². The van der Waals surface area contributed by atoms with E-state index in [0.29, 0.717) is 6.42 Å². The van der Waals surface area contributed by atoms with E-state index in [0.717, 1.165) is 0 Å². The fraction of sp³-hybridized carbons (Fsp3) is 0.750. The van der Waals surface area contributed by atoms with Crippen LogP contribution in [0.3, 0.4) is 0 Å². The van der Waals surface area contributed by atoms with Crippen molar-refractivity contribution < 1.29 is 19.5 Å². The van der Waals surface area contributed by atoms with Crippen LogP contribution in [0.5, 0.6) is 0 Å². The molecule has 0 aromatic rings. The van der Waals surface area contributed by atoms with Crippen molar-refractivity contribution in [2.75, 3.05) is 12.8 Å². The second-order valence-corrected chi connectivity index (χ2v) is 5.86. The predicted octanol–water partition coefficient (Wildman–Crippen LogP) is 0.470. The fourth-order valence-corrected chi connectivity index (χ4v) is 1.65. The lowest BCUT2D eigenvalue weighted by Gasteiger charge is -2.17. The molecule has 0 saturated carbocycles. The number of carboxylic acid groups (broad SMARTS) is 1. The minimum atomic E-state index is -1.06. The van der Waals surface area contributed by atoms with Crippen molar-refractivity contribution in [3.63, 3.8) is 0 Å². The normalized spacial score (nSPS) is 13.7. The first-order valence-corrected chi connectivity index (χ1v) is 7.39. The number of amides is 2. The molecule has 3 N–H and O–H groups in total. The van der Waals surface area contributed by atoms with E-state index < -0.39 is 17.9 Å². The average Bonchev–Trinajstić information content (AvgIpc) is 2.33. The van der Waals surface area contributed by atoms with Crippen LogP contribution >= 0.6 is 11.8 Å². The highest BCUT2D eigenvalue weighted by molar-refractivity contribution is 7.99. The zero-order chi connectivity index (χ0) is 15.0. The van der Waals surface area contributed by atoms with Gasteiger partial charge in [-0.1, -0.05) is 13.8 Å². The van der Waals surface area contributed by atoms with Crippen molar-refractivity contribution >= 4 is 29.5 Å². The van der Waals surface area contributed by atoms with E-state index in [4.69, 9.17) is 5.11 Å². The molecule has 19 heavy (non-hydrogen) atoms. The summed E-state index contributed by atoms with van der Waals surface area (Å²) in [7, 11) is 0. The molecule has 2 atom stereocenters. The lowest BCUT2D eigenvalue weighted by atomic mass is 10.0. The number of hydrogen-bond acceptors (Lipinski definition) is 4. The van der Waals surface area contributed by atoms with E-state index in [1.165, 1.54) is 11.8 Å². The Hall–Kier alpha value is -1.24. The van der Waals surface area contributed by atoms with Crippen LogP contribution in [0.25, 0.3) is 0 Å². The Labute approximate surface area is 117 Å². The van der Waals surface area contributed by atoms with Gasteiger partial charge in [-0.3, -0.25) is 9.59 Å². The summed E-state index contributed by atoms with van der Waals surface area (Å²) in [6, 6.07) is -0.914. The summed E-state index contributed by atoms with van der Waals surface area (Å²) in [5.74, 6) is -1.63. The Morgan fingerprint density at radius 2 is 1.79 bits per heavy atom. The molecule has 6 nitrogen and oxygen atoms in total. The van der Waals surface area contributed by atoms with Crippen LogP contribution in [0, 0.1) is 5.92 Å². The van der Waals surface area contributed by atoms with Crippen LogP contribution in [0.1, 0.15) is 27.2 Å². The second kappa shape index (κ2) is 8.79. The number of hydrogen-bond donors (Lipinski definition) is 3. The molecule has 0 aliphatic carbocycles. The Morgan fingerprint density at radius 1 is 1.21 bits per heavy atom. The third-order valence-electron chi connectivity index (χ3n) is 2.49. The van der Waals surface area contributed by atoms with E-state index in [9.17, 15) is 14.4 Å². The molecule has 0 bridgehead atoms. The molecule has 0 spiro atoms. The number of carboxylic acids is 1. The van der Waals surface area contributed by atoms with Gasteiger partial charge in [0.05, 0.1) is 11.8 Å². The summed E-state index contributed by atoms with van der Waals surface area (Å²) in [6.45, 7) is 5.29. The number of aliphatic carboxylic acids is 1. The molecule has 0 aliphatic heterocycles. The van der Waals surface area contributed by atoms with Gasteiger partial charge in [-0.2, -0.15) is 11.8 Å². The van der Waals surface area contributed by atoms with Crippen molar-refractivity contribution in [1.82, 2.24) is 10.6 Å². The first kappa shape index (κ1) is 17.8. The molecule has 0 heterocycles. The first-order valence-electron chi connectivity index (χ1n) is 6.10. The van der Waals surface area contributed by atoms with E-state index in [1.54, 1.807) is 13.2 Å². The fourth-order valence-electron chi connectivity index (χ4n) is 1.36. The molecule has 1 unspecified atom stereocenters. The van der Waals surface area contributed by atoms with Gasteiger partial charge in [0.25, 0.3) is 0 Å². The summed E-state index contributed by atoms with van der Waals surface area (Å²) in [4.78, 5) is 34.0. The predicted molar refractivity (Wildman–Crippen MR) is 75.0 cm³/mol. The summed E-state index contributed by atoms with van der Waals surface area (Å²) in [6.07, 6.45) is 2.16. The minimum absolute atomic E-state index is 0.160.